The van der Waals surface area contributed by atoms with Crippen LogP contribution in [0.2, 0.25) is 0 Å². The van der Waals surface area contributed by atoms with Crippen LogP contribution in [0.3, 0.4) is 0 Å². The molecule has 20 heavy (non-hydrogen) atoms. The lowest BCUT2D eigenvalue weighted by Gasteiger charge is -2.13. The Morgan fingerprint density at radius 2 is 2.10 bits per heavy atom. The molecule has 2 aromatic rings. The van der Waals surface area contributed by atoms with Gasteiger partial charge in [-0.3, -0.25) is 0 Å². The van der Waals surface area contributed by atoms with E-state index in [1.807, 2.05) is 13.1 Å². The number of rotatable bonds is 5. The first-order chi connectivity index (χ1) is 9.65. The van der Waals surface area contributed by atoms with Crippen LogP contribution in [0.4, 0.5) is 0 Å². The van der Waals surface area contributed by atoms with Crippen LogP contribution in [0.15, 0.2) is 30.5 Å². The second-order valence-electron chi connectivity index (χ2n) is 5.04. The molecular formula is C17H22N2O. The van der Waals surface area contributed by atoms with Crippen molar-refractivity contribution in [3.63, 3.8) is 0 Å². The van der Waals surface area contributed by atoms with E-state index in [2.05, 4.69) is 48.1 Å². The van der Waals surface area contributed by atoms with Crippen LogP contribution in [0.5, 0.6) is 0 Å². The second kappa shape index (κ2) is 6.62. The van der Waals surface area contributed by atoms with Gasteiger partial charge in [0.2, 0.25) is 0 Å². The van der Waals surface area contributed by atoms with Gasteiger partial charge in [-0.05, 0) is 37.5 Å². The summed E-state index contributed by atoms with van der Waals surface area (Å²) in [4.78, 5) is 8.96. The number of benzene rings is 1. The average molecular weight is 270 g/mol. The number of aryl methyl sites for hydroxylation is 2. The predicted octanol–water partition coefficient (Wildman–Crippen LogP) is 4.11. The molecule has 106 valence electrons. The summed E-state index contributed by atoms with van der Waals surface area (Å²) in [7, 11) is 1.73. The van der Waals surface area contributed by atoms with Gasteiger partial charge in [0.1, 0.15) is 5.82 Å². The normalized spacial score (nSPS) is 12.4. The Bertz CT molecular complexity index is 581. The summed E-state index contributed by atoms with van der Waals surface area (Å²) in [5.41, 5.74) is 4.56. The van der Waals surface area contributed by atoms with Crippen molar-refractivity contribution in [3.05, 3.63) is 47.4 Å². The second-order valence-corrected chi connectivity index (χ2v) is 5.04. The molecule has 2 rings (SSSR count). The lowest BCUT2D eigenvalue weighted by Crippen LogP contribution is -2.00. The third-order valence-electron chi connectivity index (χ3n) is 3.49. The molecule has 1 aromatic carbocycles. The van der Waals surface area contributed by atoms with E-state index in [4.69, 9.17) is 4.74 Å². The Labute approximate surface area is 121 Å². The highest BCUT2D eigenvalue weighted by molar-refractivity contribution is 5.63. The lowest BCUT2D eigenvalue weighted by molar-refractivity contribution is 0.119. The Morgan fingerprint density at radius 1 is 1.30 bits per heavy atom. The molecule has 0 unspecified atom stereocenters. The van der Waals surface area contributed by atoms with E-state index in [1.54, 1.807) is 7.11 Å². The van der Waals surface area contributed by atoms with Crippen molar-refractivity contribution >= 4 is 0 Å². The molecule has 0 amide bonds. The molecule has 0 saturated heterocycles. The molecule has 0 saturated carbocycles. The van der Waals surface area contributed by atoms with Crippen molar-refractivity contribution in [2.24, 2.45) is 0 Å². The first-order valence-corrected chi connectivity index (χ1v) is 7.11. The van der Waals surface area contributed by atoms with Crippen molar-refractivity contribution < 1.29 is 4.74 Å². The van der Waals surface area contributed by atoms with Crippen molar-refractivity contribution in [3.8, 4) is 11.3 Å². The molecule has 0 spiro atoms. The molecule has 0 aliphatic rings. The van der Waals surface area contributed by atoms with E-state index in [-0.39, 0.29) is 6.10 Å². The zero-order valence-corrected chi connectivity index (χ0v) is 12.7. The smallest absolute Gasteiger partial charge is 0.125 e. The van der Waals surface area contributed by atoms with Gasteiger partial charge in [-0.1, -0.05) is 31.5 Å². The fraction of sp³-hybridized carbons (Fsp3) is 0.412. The minimum atomic E-state index is 0.0903. The maximum absolute atomic E-state index is 5.40. The summed E-state index contributed by atoms with van der Waals surface area (Å²) in [6.45, 7) is 6.16. The number of aromatic nitrogens is 2. The third-order valence-corrected chi connectivity index (χ3v) is 3.49. The lowest BCUT2D eigenvalue weighted by atomic mass is 10.0. The van der Waals surface area contributed by atoms with E-state index >= 15 is 0 Å². The molecule has 3 heteroatoms. The quantitative estimate of drug-likeness (QED) is 0.820. The van der Waals surface area contributed by atoms with E-state index in [0.29, 0.717) is 0 Å². The average Bonchev–Trinajstić information content (AvgIpc) is 2.48. The molecule has 1 aromatic heterocycles. The van der Waals surface area contributed by atoms with Crippen LogP contribution in [-0.2, 0) is 11.2 Å². The van der Waals surface area contributed by atoms with E-state index in [1.165, 1.54) is 11.1 Å². The van der Waals surface area contributed by atoms with Crippen molar-refractivity contribution in [2.45, 2.75) is 39.7 Å². The van der Waals surface area contributed by atoms with Crippen LogP contribution in [0, 0.1) is 6.92 Å². The number of nitrogens with zero attached hydrogens (tertiary/aromatic N) is 2. The first-order valence-electron chi connectivity index (χ1n) is 7.11. The van der Waals surface area contributed by atoms with Crippen LogP contribution in [0.25, 0.3) is 11.3 Å². The van der Waals surface area contributed by atoms with Crippen LogP contribution < -0.4 is 0 Å². The van der Waals surface area contributed by atoms with E-state index in [9.17, 15) is 0 Å². The molecule has 0 radical (unpaired) electrons. The van der Waals surface area contributed by atoms with Gasteiger partial charge in [0.15, 0.2) is 0 Å². The predicted molar refractivity (Wildman–Crippen MR) is 81.6 cm³/mol. The monoisotopic (exact) mass is 270 g/mol. The van der Waals surface area contributed by atoms with Gasteiger partial charge >= 0.3 is 0 Å². The molecule has 1 atom stereocenters. The third kappa shape index (κ3) is 3.23. The standard InChI is InChI=1S/C17H22N2O/c1-5-7-16-11-18-13(3)19-17(16)15-9-6-8-14(10-15)12(2)20-4/h6,8-12H,5,7H2,1-4H3/t12-/m0/s1. The fourth-order valence-corrected chi connectivity index (χ4v) is 2.27. The van der Waals surface area contributed by atoms with Crippen molar-refractivity contribution in [1.29, 1.82) is 0 Å². The first kappa shape index (κ1) is 14.7. The molecule has 3 nitrogen and oxygen atoms in total. The van der Waals surface area contributed by atoms with E-state index in [0.717, 1.165) is 29.9 Å². The molecular weight excluding hydrogens is 248 g/mol. The highest BCUT2D eigenvalue weighted by Crippen LogP contribution is 2.26. The summed E-state index contributed by atoms with van der Waals surface area (Å²) >= 11 is 0. The summed E-state index contributed by atoms with van der Waals surface area (Å²) in [6, 6.07) is 8.42. The molecule has 0 aliphatic carbocycles. The summed E-state index contributed by atoms with van der Waals surface area (Å²) in [5, 5.41) is 0. The minimum absolute atomic E-state index is 0.0903. The molecule has 0 fully saturated rings. The highest BCUT2D eigenvalue weighted by atomic mass is 16.5. The van der Waals surface area contributed by atoms with Crippen LogP contribution >= 0.6 is 0 Å². The summed E-state index contributed by atoms with van der Waals surface area (Å²) in [6.07, 6.45) is 4.13. The minimum Gasteiger partial charge on any atom is -0.377 e. The van der Waals surface area contributed by atoms with Gasteiger partial charge in [-0.15, -0.1) is 0 Å². The maximum Gasteiger partial charge on any atom is 0.125 e. The SMILES string of the molecule is CCCc1cnc(C)nc1-c1cccc([C@H](C)OC)c1. The Morgan fingerprint density at radius 3 is 2.80 bits per heavy atom. The van der Waals surface area contributed by atoms with Gasteiger partial charge < -0.3 is 4.74 Å². The number of hydrogen-bond acceptors (Lipinski definition) is 3. The number of ether oxygens (including phenoxy) is 1. The highest BCUT2D eigenvalue weighted by Gasteiger charge is 2.10. The van der Waals surface area contributed by atoms with Gasteiger partial charge in [0, 0.05) is 18.9 Å². The Hall–Kier alpha value is -1.74. The molecule has 0 N–H and O–H groups in total. The largest absolute Gasteiger partial charge is 0.377 e. The molecule has 0 bridgehead atoms. The summed E-state index contributed by atoms with van der Waals surface area (Å²) in [5.74, 6) is 0.810. The van der Waals surface area contributed by atoms with Gasteiger partial charge in [0.05, 0.1) is 11.8 Å². The molecule has 1 heterocycles. The fourth-order valence-electron chi connectivity index (χ4n) is 2.27. The maximum atomic E-state index is 5.40. The van der Waals surface area contributed by atoms with Gasteiger partial charge in [-0.25, -0.2) is 9.97 Å². The molecule has 0 aliphatic heterocycles. The topological polar surface area (TPSA) is 35.0 Å². The Balaban J connectivity index is 2.47. The van der Waals surface area contributed by atoms with E-state index < -0.39 is 0 Å². The Kier molecular flexibility index (Phi) is 4.85. The van der Waals surface area contributed by atoms with Crippen molar-refractivity contribution in [2.75, 3.05) is 7.11 Å². The number of methoxy groups -OCH3 is 1. The van der Waals surface area contributed by atoms with Crippen molar-refractivity contribution in [1.82, 2.24) is 9.97 Å². The zero-order chi connectivity index (χ0) is 14.5. The van der Waals surface area contributed by atoms with Gasteiger partial charge in [-0.2, -0.15) is 0 Å². The summed E-state index contributed by atoms with van der Waals surface area (Å²) < 4.78 is 5.40. The van der Waals surface area contributed by atoms with Crippen LogP contribution in [0.1, 0.15) is 43.3 Å². The van der Waals surface area contributed by atoms with Gasteiger partial charge in [0.25, 0.3) is 0 Å². The number of hydrogen-bond donors (Lipinski definition) is 0. The zero-order valence-electron chi connectivity index (χ0n) is 12.7. The van der Waals surface area contributed by atoms with Crippen LogP contribution in [-0.4, -0.2) is 17.1 Å².